The number of ether oxygens (including phenoxy) is 1. The van der Waals surface area contributed by atoms with Gasteiger partial charge in [0.2, 0.25) is 5.91 Å². The molecule has 0 fully saturated rings. The second-order valence-electron chi connectivity index (χ2n) is 4.24. The number of esters is 1. The summed E-state index contributed by atoms with van der Waals surface area (Å²) in [6.07, 6.45) is -0.404. The Labute approximate surface area is 129 Å². The van der Waals surface area contributed by atoms with E-state index in [0.717, 1.165) is 12.1 Å². The summed E-state index contributed by atoms with van der Waals surface area (Å²) in [5.74, 6) is -2.99. The molecule has 1 amide bonds. The lowest BCUT2D eigenvalue weighted by molar-refractivity contribution is -0.144. The van der Waals surface area contributed by atoms with Crippen LogP contribution < -0.4 is 5.32 Å². The molecular weight excluding hydrogens is 348 g/mol. The molecule has 7 heteroatoms. The van der Waals surface area contributed by atoms with Gasteiger partial charge in [-0.05, 0) is 16.6 Å². The number of benzene rings is 1. The summed E-state index contributed by atoms with van der Waals surface area (Å²) in [6.45, 7) is 3.57. The molecule has 0 saturated carbocycles. The predicted molar refractivity (Wildman–Crippen MR) is 76.7 cm³/mol. The Balaban J connectivity index is 2.78. The summed E-state index contributed by atoms with van der Waals surface area (Å²) in [4.78, 5) is 23.4. The van der Waals surface area contributed by atoms with Crippen molar-refractivity contribution < 1.29 is 23.1 Å². The molecule has 4 nitrogen and oxygen atoms in total. The fourth-order valence-electron chi connectivity index (χ4n) is 1.66. The summed E-state index contributed by atoms with van der Waals surface area (Å²) < 4.78 is 31.9. The van der Waals surface area contributed by atoms with Gasteiger partial charge < -0.3 is 10.1 Å². The van der Waals surface area contributed by atoms with Gasteiger partial charge in [0, 0.05) is 12.0 Å². The third-order valence-corrected chi connectivity index (χ3v) is 2.97. The molecule has 1 atom stereocenters. The Morgan fingerprint density at radius 3 is 2.43 bits per heavy atom. The Morgan fingerprint density at radius 2 is 1.95 bits per heavy atom. The fraction of sp³-hybridized carbons (Fsp3) is 0.286. The molecule has 0 unspecified atom stereocenters. The maximum absolute atomic E-state index is 13.4. The molecule has 0 aliphatic carbocycles. The Kier molecular flexibility index (Phi) is 6.48. The monoisotopic (exact) mass is 361 g/mol. The van der Waals surface area contributed by atoms with E-state index in [1.807, 2.05) is 0 Å². The lowest BCUT2D eigenvalue weighted by Gasteiger charge is -2.16. The molecule has 0 aromatic heterocycles. The molecule has 21 heavy (non-hydrogen) atoms. The molecule has 0 aliphatic rings. The zero-order chi connectivity index (χ0) is 16.0. The fourth-order valence-corrected chi connectivity index (χ4v) is 1.99. The maximum Gasteiger partial charge on any atom is 0.328 e. The first kappa shape index (κ1) is 17.3. The van der Waals surface area contributed by atoms with E-state index in [1.54, 1.807) is 0 Å². The molecule has 0 bridgehead atoms. The first-order chi connectivity index (χ1) is 9.85. The van der Waals surface area contributed by atoms with Gasteiger partial charge in [-0.1, -0.05) is 28.6 Å². The molecule has 1 aromatic carbocycles. The maximum atomic E-state index is 13.4. The average Bonchev–Trinajstić information content (AvgIpc) is 2.41. The lowest BCUT2D eigenvalue weighted by atomic mass is 10.1. The van der Waals surface area contributed by atoms with Gasteiger partial charge in [0.25, 0.3) is 0 Å². The number of methoxy groups -OCH3 is 1. The van der Waals surface area contributed by atoms with Gasteiger partial charge in [-0.15, -0.1) is 0 Å². The van der Waals surface area contributed by atoms with E-state index < -0.39 is 36.0 Å². The SMILES string of the molecule is C=C(Br)C[C@H](NC(=O)Cc1c(F)cccc1F)C(=O)OC. The number of carbonyl (C=O) groups excluding carboxylic acids is 2. The third kappa shape index (κ3) is 5.26. The van der Waals surface area contributed by atoms with E-state index in [0.29, 0.717) is 4.48 Å². The summed E-state index contributed by atoms with van der Waals surface area (Å²) >= 11 is 3.08. The molecular formula is C14H14BrF2NO3. The van der Waals surface area contributed by atoms with Gasteiger partial charge in [0.1, 0.15) is 17.7 Å². The average molecular weight is 362 g/mol. The van der Waals surface area contributed by atoms with Crippen LogP contribution in [0.5, 0.6) is 0 Å². The van der Waals surface area contributed by atoms with Crippen LogP contribution >= 0.6 is 15.9 Å². The quantitative estimate of drug-likeness (QED) is 0.791. The van der Waals surface area contributed by atoms with Crippen molar-refractivity contribution in [1.82, 2.24) is 5.32 Å². The van der Waals surface area contributed by atoms with Crippen molar-refractivity contribution in [2.45, 2.75) is 18.9 Å². The highest BCUT2D eigenvalue weighted by molar-refractivity contribution is 9.11. The number of amides is 1. The van der Waals surface area contributed by atoms with E-state index >= 15 is 0 Å². The van der Waals surface area contributed by atoms with Crippen molar-refractivity contribution in [3.05, 3.63) is 46.5 Å². The highest BCUT2D eigenvalue weighted by Crippen LogP contribution is 2.14. The number of nitrogens with one attached hydrogen (secondary N) is 1. The van der Waals surface area contributed by atoms with Crippen molar-refractivity contribution >= 4 is 27.8 Å². The first-order valence-electron chi connectivity index (χ1n) is 5.98. The topological polar surface area (TPSA) is 55.4 Å². The second-order valence-corrected chi connectivity index (χ2v) is 5.36. The van der Waals surface area contributed by atoms with Crippen LogP contribution in [0.3, 0.4) is 0 Å². The predicted octanol–water partition coefficient (Wildman–Crippen LogP) is 2.46. The molecule has 114 valence electrons. The van der Waals surface area contributed by atoms with E-state index in [2.05, 4.69) is 32.6 Å². The highest BCUT2D eigenvalue weighted by Gasteiger charge is 2.23. The number of hydrogen-bond donors (Lipinski definition) is 1. The zero-order valence-corrected chi connectivity index (χ0v) is 12.9. The van der Waals surface area contributed by atoms with Crippen LogP contribution in [0.2, 0.25) is 0 Å². The Hall–Kier alpha value is -1.76. The minimum atomic E-state index is -0.968. The summed E-state index contributed by atoms with van der Waals surface area (Å²) in [5.41, 5.74) is -0.351. The molecule has 1 N–H and O–H groups in total. The van der Waals surface area contributed by atoms with Crippen LogP contribution in [-0.4, -0.2) is 25.0 Å². The number of hydrogen-bond acceptors (Lipinski definition) is 3. The van der Waals surface area contributed by atoms with Crippen LogP contribution in [0.1, 0.15) is 12.0 Å². The van der Waals surface area contributed by atoms with Gasteiger partial charge in [-0.25, -0.2) is 13.6 Å². The molecule has 0 aliphatic heterocycles. The van der Waals surface area contributed by atoms with Gasteiger partial charge in [-0.2, -0.15) is 0 Å². The van der Waals surface area contributed by atoms with Crippen molar-refractivity contribution in [1.29, 1.82) is 0 Å². The smallest absolute Gasteiger partial charge is 0.328 e. The van der Waals surface area contributed by atoms with E-state index in [1.165, 1.54) is 13.2 Å². The standard InChI is InChI=1S/C14H14BrF2NO3/c1-8(15)6-12(14(20)21-2)18-13(19)7-9-10(16)4-3-5-11(9)17/h3-5,12H,1,6-7H2,2H3,(H,18,19)/t12-/m0/s1. The minimum absolute atomic E-state index is 0.109. The number of carbonyl (C=O) groups is 2. The number of halogens is 3. The number of rotatable bonds is 6. The summed E-state index contributed by atoms with van der Waals surface area (Å²) in [6, 6.07) is 2.36. The van der Waals surface area contributed by atoms with Gasteiger partial charge in [-0.3, -0.25) is 4.79 Å². The zero-order valence-electron chi connectivity index (χ0n) is 11.3. The first-order valence-corrected chi connectivity index (χ1v) is 6.77. The van der Waals surface area contributed by atoms with E-state index in [9.17, 15) is 18.4 Å². The Morgan fingerprint density at radius 1 is 1.38 bits per heavy atom. The normalized spacial score (nSPS) is 11.6. The molecule has 0 radical (unpaired) electrons. The highest BCUT2D eigenvalue weighted by atomic mass is 79.9. The van der Waals surface area contributed by atoms with Crippen molar-refractivity contribution in [3.63, 3.8) is 0 Å². The minimum Gasteiger partial charge on any atom is -0.467 e. The third-order valence-electron chi connectivity index (χ3n) is 2.65. The van der Waals surface area contributed by atoms with Crippen molar-refractivity contribution in [2.24, 2.45) is 0 Å². The van der Waals surface area contributed by atoms with Crippen LogP contribution in [-0.2, 0) is 20.7 Å². The molecule has 1 aromatic rings. The molecule has 0 saturated heterocycles. The molecule has 1 rings (SSSR count). The summed E-state index contributed by atoms with van der Waals surface area (Å²) in [7, 11) is 1.18. The molecule has 0 spiro atoms. The summed E-state index contributed by atoms with van der Waals surface area (Å²) in [5, 5.41) is 2.36. The van der Waals surface area contributed by atoms with Crippen LogP contribution in [0.25, 0.3) is 0 Å². The molecule has 0 heterocycles. The second kappa shape index (κ2) is 7.87. The van der Waals surface area contributed by atoms with Gasteiger partial charge >= 0.3 is 5.97 Å². The van der Waals surface area contributed by atoms with Crippen LogP contribution in [0.15, 0.2) is 29.3 Å². The lowest BCUT2D eigenvalue weighted by Crippen LogP contribution is -2.42. The van der Waals surface area contributed by atoms with Crippen molar-refractivity contribution in [2.75, 3.05) is 7.11 Å². The van der Waals surface area contributed by atoms with Gasteiger partial charge in [0.05, 0.1) is 13.5 Å². The van der Waals surface area contributed by atoms with Crippen LogP contribution in [0.4, 0.5) is 8.78 Å². The van der Waals surface area contributed by atoms with Crippen molar-refractivity contribution in [3.8, 4) is 0 Å². The van der Waals surface area contributed by atoms with E-state index in [4.69, 9.17) is 0 Å². The van der Waals surface area contributed by atoms with E-state index in [-0.39, 0.29) is 12.0 Å². The van der Waals surface area contributed by atoms with Crippen LogP contribution in [0, 0.1) is 11.6 Å². The Bertz CT molecular complexity index is 543. The largest absolute Gasteiger partial charge is 0.467 e. The van der Waals surface area contributed by atoms with Gasteiger partial charge in [0.15, 0.2) is 0 Å².